The topological polar surface area (TPSA) is 64.0 Å². The average Bonchev–Trinajstić information content (AvgIpc) is 3.27. The minimum atomic E-state index is -3.90. The van der Waals surface area contributed by atoms with Gasteiger partial charge in [-0.05, 0) is 71.0 Å². The van der Waals surface area contributed by atoms with Crippen LogP contribution in [0.5, 0.6) is 11.5 Å². The van der Waals surface area contributed by atoms with Gasteiger partial charge in [0.25, 0.3) is 10.0 Å². The van der Waals surface area contributed by atoms with E-state index >= 15 is 0 Å². The fourth-order valence-corrected chi connectivity index (χ4v) is 7.16. The minimum absolute atomic E-state index is 0.190. The number of methoxy groups -OCH3 is 1. The number of benzene rings is 3. The molecule has 37 heavy (non-hydrogen) atoms. The number of hydrogen-bond acceptors (Lipinski definition) is 6. The second-order valence-corrected chi connectivity index (χ2v) is 11.9. The lowest BCUT2D eigenvalue weighted by molar-refractivity contribution is 0.147. The molecule has 1 aliphatic rings. The molecule has 7 nitrogen and oxygen atoms in total. The molecule has 1 saturated heterocycles. The molecule has 0 amide bonds. The number of rotatable bonds is 8. The van der Waals surface area contributed by atoms with Crippen LogP contribution in [0.4, 0.5) is 0 Å². The Balaban J connectivity index is 1.54. The van der Waals surface area contributed by atoms with Crippen molar-refractivity contribution in [3.8, 4) is 11.5 Å². The maximum Gasteiger partial charge on any atom is 0.269 e. The molecule has 1 fully saturated rings. The Morgan fingerprint density at radius 1 is 0.892 bits per heavy atom. The second kappa shape index (κ2) is 10.9. The molecule has 9 heteroatoms. The van der Waals surface area contributed by atoms with E-state index < -0.39 is 10.0 Å². The summed E-state index contributed by atoms with van der Waals surface area (Å²) < 4.78 is 41.4. The van der Waals surface area contributed by atoms with Crippen molar-refractivity contribution in [2.45, 2.75) is 18.0 Å². The van der Waals surface area contributed by atoms with Gasteiger partial charge in [0.1, 0.15) is 23.0 Å². The summed E-state index contributed by atoms with van der Waals surface area (Å²) in [7, 11) is -0.237. The predicted octanol–water partition coefficient (Wildman–Crippen LogP) is 4.98. The van der Waals surface area contributed by atoms with Gasteiger partial charge in [0, 0.05) is 48.3 Å². The van der Waals surface area contributed by atoms with Gasteiger partial charge in [-0.3, -0.25) is 4.90 Å². The Labute approximate surface area is 226 Å². The first-order valence-corrected chi connectivity index (χ1v) is 14.4. The number of hydrogen-bond donors (Lipinski definition) is 0. The van der Waals surface area contributed by atoms with Crippen LogP contribution in [0.25, 0.3) is 10.9 Å². The molecule has 5 rings (SSSR count). The largest absolute Gasteiger partial charge is 0.497 e. The van der Waals surface area contributed by atoms with E-state index in [4.69, 9.17) is 9.47 Å². The minimum Gasteiger partial charge on any atom is -0.497 e. The Morgan fingerprint density at radius 2 is 1.62 bits per heavy atom. The van der Waals surface area contributed by atoms with Gasteiger partial charge < -0.3 is 14.4 Å². The molecule has 0 unspecified atom stereocenters. The normalized spacial score (nSPS) is 15.2. The average molecular weight is 585 g/mol. The molecule has 0 aliphatic carbocycles. The van der Waals surface area contributed by atoms with E-state index in [0.29, 0.717) is 34.6 Å². The highest BCUT2D eigenvalue weighted by Gasteiger charge is 2.27. The molecule has 2 heterocycles. The van der Waals surface area contributed by atoms with Crippen LogP contribution >= 0.6 is 15.9 Å². The third kappa shape index (κ3) is 5.55. The van der Waals surface area contributed by atoms with Crippen molar-refractivity contribution in [3.63, 3.8) is 0 Å². The number of nitrogens with zero attached hydrogens (tertiary/aromatic N) is 3. The SMILES string of the molecule is COc1ccc(S(=O)(=O)n2c(CN3CCN(C)CC3)cc3cc(OCc4ccccc4)ccc32)c(Br)c1. The number of likely N-dealkylation sites (N-methyl/N-ethyl adjacent to an activating group) is 1. The molecule has 1 aliphatic heterocycles. The van der Waals surface area contributed by atoms with Crippen molar-refractivity contribution in [2.24, 2.45) is 0 Å². The van der Waals surface area contributed by atoms with E-state index in [1.165, 1.54) is 3.97 Å². The third-order valence-electron chi connectivity index (χ3n) is 6.69. The molecule has 194 valence electrons. The monoisotopic (exact) mass is 583 g/mol. The van der Waals surface area contributed by atoms with Crippen molar-refractivity contribution in [3.05, 3.63) is 88.5 Å². The first-order valence-electron chi connectivity index (χ1n) is 12.2. The Bertz CT molecular complexity index is 1500. The summed E-state index contributed by atoms with van der Waals surface area (Å²) in [4.78, 5) is 4.78. The van der Waals surface area contributed by atoms with Crippen molar-refractivity contribution in [1.82, 2.24) is 13.8 Å². The van der Waals surface area contributed by atoms with Gasteiger partial charge in [-0.1, -0.05) is 30.3 Å². The fourth-order valence-electron chi connectivity index (χ4n) is 4.60. The number of halogens is 1. The lowest BCUT2D eigenvalue weighted by atomic mass is 10.2. The van der Waals surface area contributed by atoms with Crippen molar-refractivity contribution < 1.29 is 17.9 Å². The van der Waals surface area contributed by atoms with Crippen LogP contribution < -0.4 is 9.47 Å². The van der Waals surface area contributed by atoms with Crippen molar-refractivity contribution in [2.75, 3.05) is 40.3 Å². The predicted molar refractivity (Wildman–Crippen MR) is 149 cm³/mol. The van der Waals surface area contributed by atoms with E-state index in [0.717, 1.165) is 42.8 Å². The molecule has 1 aromatic heterocycles. The Kier molecular flexibility index (Phi) is 7.57. The fraction of sp³-hybridized carbons (Fsp3) is 0.286. The molecule has 0 spiro atoms. The van der Waals surface area contributed by atoms with Crippen molar-refractivity contribution in [1.29, 1.82) is 0 Å². The van der Waals surface area contributed by atoms with Gasteiger partial charge in [-0.2, -0.15) is 0 Å². The Morgan fingerprint density at radius 3 is 2.32 bits per heavy atom. The zero-order valence-electron chi connectivity index (χ0n) is 20.9. The van der Waals surface area contributed by atoms with Crippen LogP contribution in [0.15, 0.2) is 82.2 Å². The quantitative estimate of drug-likeness (QED) is 0.291. The molecule has 0 N–H and O–H groups in total. The summed E-state index contributed by atoms with van der Waals surface area (Å²) in [6.07, 6.45) is 0. The van der Waals surface area contributed by atoms with Crippen LogP contribution in [0.2, 0.25) is 0 Å². The molecule has 0 radical (unpaired) electrons. The van der Waals surface area contributed by atoms with Crippen molar-refractivity contribution >= 4 is 36.9 Å². The van der Waals surface area contributed by atoms with Gasteiger partial charge in [0.2, 0.25) is 0 Å². The summed E-state index contributed by atoms with van der Waals surface area (Å²) >= 11 is 3.45. The highest BCUT2D eigenvalue weighted by atomic mass is 79.9. The number of piperazine rings is 1. The maximum absolute atomic E-state index is 14.1. The van der Waals surface area contributed by atoms with Gasteiger partial charge >= 0.3 is 0 Å². The molecule has 0 bridgehead atoms. The summed E-state index contributed by atoms with van der Waals surface area (Å²) in [6, 6.07) is 22.4. The molecule has 3 aromatic carbocycles. The summed E-state index contributed by atoms with van der Waals surface area (Å²) in [5, 5.41) is 0.822. The molecule has 4 aromatic rings. The zero-order chi connectivity index (χ0) is 26.0. The first-order chi connectivity index (χ1) is 17.8. The maximum atomic E-state index is 14.1. The molecule has 0 atom stereocenters. The standard InChI is InChI=1S/C28H30BrN3O4S/c1-30-12-14-31(15-13-30)19-23-16-22-17-25(36-20-21-6-4-3-5-7-21)8-10-27(22)32(23)37(33,34)28-11-9-24(35-2)18-26(28)29/h3-11,16-18H,12-15,19-20H2,1-2H3. The summed E-state index contributed by atoms with van der Waals surface area (Å²) in [6.45, 7) is 4.66. The molecular weight excluding hydrogens is 554 g/mol. The van der Waals surface area contributed by atoms with Crippen LogP contribution in [0.1, 0.15) is 11.3 Å². The van der Waals surface area contributed by atoms with Crippen LogP contribution in [0, 0.1) is 0 Å². The number of ether oxygens (including phenoxy) is 2. The first kappa shape index (κ1) is 25.8. The molecular formula is C28H30BrN3O4S. The van der Waals surface area contributed by atoms with E-state index in [2.05, 4.69) is 32.8 Å². The lowest BCUT2D eigenvalue weighted by Crippen LogP contribution is -2.44. The number of aromatic nitrogens is 1. The van der Waals surface area contributed by atoms with Gasteiger partial charge in [0.15, 0.2) is 0 Å². The van der Waals surface area contributed by atoms with Crippen LogP contribution in [-0.2, 0) is 23.2 Å². The lowest BCUT2D eigenvalue weighted by Gasteiger charge is -2.32. The third-order valence-corrected chi connectivity index (χ3v) is 9.43. The Hall–Kier alpha value is -2.85. The summed E-state index contributed by atoms with van der Waals surface area (Å²) in [5.41, 5.74) is 2.42. The molecule has 0 saturated carbocycles. The van der Waals surface area contributed by atoms with Crippen LogP contribution in [0.3, 0.4) is 0 Å². The van der Waals surface area contributed by atoms with Crippen LogP contribution in [-0.4, -0.2) is 62.5 Å². The highest BCUT2D eigenvalue weighted by molar-refractivity contribution is 9.10. The van der Waals surface area contributed by atoms with Gasteiger partial charge in [-0.15, -0.1) is 0 Å². The van der Waals surface area contributed by atoms with Gasteiger partial charge in [0.05, 0.1) is 12.6 Å². The smallest absolute Gasteiger partial charge is 0.269 e. The van der Waals surface area contributed by atoms with E-state index in [9.17, 15) is 8.42 Å². The van der Waals surface area contributed by atoms with Gasteiger partial charge in [-0.25, -0.2) is 12.4 Å². The summed E-state index contributed by atoms with van der Waals surface area (Å²) in [5.74, 6) is 1.28. The van der Waals surface area contributed by atoms with E-state index in [1.54, 1.807) is 25.3 Å². The zero-order valence-corrected chi connectivity index (χ0v) is 23.3. The van der Waals surface area contributed by atoms with E-state index in [1.807, 2.05) is 54.6 Å². The van der Waals surface area contributed by atoms with E-state index in [-0.39, 0.29) is 4.90 Å². The number of fused-ring (bicyclic) bond motifs is 1. The highest BCUT2D eigenvalue weighted by Crippen LogP contribution is 2.33. The second-order valence-electron chi connectivity index (χ2n) is 9.28.